The van der Waals surface area contributed by atoms with E-state index in [0.717, 1.165) is 51.0 Å². The summed E-state index contributed by atoms with van der Waals surface area (Å²) in [7, 11) is 4.64. The monoisotopic (exact) mass is 700 g/mol. The van der Waals surface area contributed by atoms with Gasteiger partial charge in [0, 0.05) is 9.40 Å². The normalized spacial score (nSPS) is 24.3. The van der Waals surface area contributed by atoms with Crippen LogP contribution in [0.5, 0.6) is 0 Å². The molecule has 0 aliphatic heterocycles. The molecule has 7 heteroatoms. The number of hydrogen-bond acceptors (Lipinski definition) is 3. The van der Waals surface area contributed by atoms with E-state index < -0.39 is 4.92 Å². The zero-order valence-corrected chi connectivity index (χ0v) is 24.5. The SMILES string of the molecule is CC(=Nc1ccc(Br)cc1)c1[c-]cc([N+](=O)[O-])cc1.CC1C(C)C(C)C(C)C1C.[CH3-].[Cl][Ir+2]. The second kappa shape index (κ2) is 15.0. The van der Waals surface area contributed by atoms with Crippen LogP contribution in [0.2, 0.25) is 0 Å². The summed E-state index contributed by atoms with van der Waals surface area (Å²) in [6.07, 6.45) is 0. The Morgan fingerprint density at radius 3 is 1.75 bits per heavy atom. The molecular weight excluding hydrogens is 668 g/mol. The van der Waals surface area contributed by atoms with E-state index in [2.05, 4.69) is 71.2 Å². The molecule has 1 saturated carbocycles. The van der Waals surface area contributed by atoms with Gasteiger partial charge in [-0.05, 0) is 59.6 Å². The quantitative estimate of drug-likeness (QED) is 0.139. The Morgan fingerprint density at radius 1 is 0.969 bits per heavy atom. The van der Waals surface area contributed by atoms with Gasteiger partial charge in [-0.1, -0.05) is 69.6 Å². The molecule has 178 valence electrons. The van der Waals surface area contributed by atoms with E-state index in [9.17, 15) is 10.1 Å². The van der Waals surface area contributed by atoms with Crippen LogP contribution >= 0.6 is 25.5 Å². The first-order valence-electron chi connectivity index (χ1n) is 10.2. The zero-order valence-electron chi connectivity index (χ0n) is 19.7. The van der Waals surface area contributed by atoms with Gasteiger partial charge in [-0.25, -0.2) is 0 Å². The van der Waals surface area contributed by atoms with Gasteiger partial charge in [-0.3, -0.25) is 10.1 Å². The summed E-state index contributed by atoms with van der Waals surface area (Å²) in [6.45, 7) is 13.8. The van der Waals surface area contributed by atoms with Gasteiger partial charge in [-0.2, -0.15) is 0 Å². The second-order valence-electron chi connectivity index (χ2n) is 8.19. The summed E-state index contributed by atoms with van der Waals surface area (Å²) in [5, 5.41) is 10.6. The molecule has 0 radical (unpaired) electrons. The van der Waals surface area contributed by atoms with E-state index in [1.807, 2.05) is 31.2 Å². The molecule has 0 saturated heterocycles. The number of rotatable bonds is 3. The van der Waals surface area contributed by atoms with E-state index in [-0.39, 0.29) is 13.1 Å². The molecule has 0 amide bonds. The van der Waals surface area contributed by atoms with Gasteiger partial charge in [0.25, 0.3) is 0 Å². The maximum atomic E-state index is 10.6. The van der Waals surface area contributed by atoms with Crippen molar-refractivity contribution in [2.24, 2.45) is 34.6 Å². The molecule has 1 aliphatic carbocycles. The van der Waals surface area contributed by atoms with Crippen LogP contribution in [-0.4, -0.2) is 10.6 Å². The van der Waals surface area contributed by atoms with Crippen LogP contribution in [0.3, 0.4) is 0 Å². The fraction of sp³-hybridized carbons (Fsp3) is 0.440. The molecule has 0 unspecified atom stereocenters. The zero-order chi connectivity index (χ0) is 23.7. The number of hydrogen-bond donors (Lipinski definition) is 0. The van der Waals surface area contributed by atoms with Gasteiger partial charge in [0.2, 0.25) is 0 Å². The summed E-state index contributed by atoms with van der Waals surface area (Å²) < 4.78 is 0.992. The third-order valence-electron chi connectivity index (χ3n) is 6.67. The third-order valence-corrected chi connectivity index (χ3v) is 7.20. The molecule has 4 nitrogen and oxygen atoms in total. The number of aliphatic imine (C=N–C) groups is 1. The van der Waals surface area contributed by atoms with Crippen LogP contribution in [-0.2, 0) is 17.9 Å². The Bertz CT molecular complexity index is 814. The molecule has 2 aromatic rings. The summed E-state index contributed by atoms with van der Waals surface area (Å²) in [4.78, 5) is 14.6. The minimum atomic E-state index is -0.443. The van der Waals surface area contributed by atoms with Gasteiger partial charge < -0.3 is 12.4 Å². The molecule has 3 rings (SSSR count). The Kier molecular flexibility index (Phi) is 14.5. The first-order valence-corrected chi connectivity index (χ1v) is 14.0. The Labute approximate surface area is 216 Å². The predicted octanol–water partition coefficient (Wildman–Crippen LogP) is 8.62. The van der Waals surface area contributed by atoms with Gasteiger partial charge in [-0.15, -0.1) is 17.7 Å². The molecule has 0 atom stereocenters. The van der Waals surface area contributed by atoms with Crippen molar-refractivity contribution in [3.8, 4) is 0 Å². The number of non-ortho nitro benzene ring substituents is 1. The molecule has 1 fully saturated rings. The predicted molar refractivity (Wildman–Crippen MR) is 136 cm³/mol. The van der Waals surface area contributed by atoms with Crippen LogP contribution in [0.1, 0.15) is 47.1 Å². The van der Waals surface area contributed by atoms with Crippen LogP contribution in [0.15, 0.2) is 51.9 Å². The third kappa shape index (κ3) is 8.70. The fourth-order valence-corrected chi connectivity index (χ4v) is 4.18. The molecule has 0 N–H and O–H groups in total. The Balaban J connectivity index is 0.000000628. The van der Waals surface area contributed by atoms with Crippen molar-refractivity contribution in [3.63, 3.8) is 0 Å². The molecular formula is C25H33BrClIrN2O2. The molecule has 2 aromatic carbocycles. The average molecular weight is 701 g/mol. The van der Waals surface area contributed by atoms with Crippen molar-refractivity contribution >= 4 is 42.6 Å². The van der Waals surface area contributed by atoms with E-state index in [1.54, 1.807) is 6.07 Å². The minimum absolute atomic E-state index is 0. The van der Waals surface area contributed by atoms with Gasteiger partial charge >= 0.3 is 27.5 Å². The second-order valence-corrected chi connectivity index (χ2v) is 9.10. The van der Waals surface area contributed by atoms with Gasteiger partial charge in [0.1, 0.15) is 0 Å². The number of benzene rings is 2. The van der Waals surface area contributed by atoms with Gasteiger partial charge in [0.05, 0.1) is 5.69 Å². The first kappa shape index (κ1) is 30.9. The van der Waals surface area contributed by atoms with Gasteiger partial charge in [0.15, 0.2) is 5.69 Å². The van der Waals surface area contributed by atoms with Crippen molar-refractivity contribution in [1.29, 1.82) is 0 Å². The van der Waals surface area contributed by atoms with Crippen LogP contribution < -0.4 is 0 Å². The number of nitro benzene ring substituents is 1. The summed E-state index contributed by atoms with van der Waals surface area (Å²) in [6, 6.07) is 14.9. The Morgan fingerprint density at radius 2 is 1.41 bits per heavy atom. The van der Waals surface area contributed by atoms with Crippen molar-refractivity contribution in [2.45, 2.75) is 41.5 Å². The molecule has 0 bridgehead atoms. The summed E-state index contributed by atoms with van der Waals surface area (Å²) >= 11 is 4.83. The first-order chi connectivity index (χ1) is 14.6. The summed E-state index contributed by atoms with van der Waals surface area (Å²) in [5.41, 5.74) is 2.36. The molecule has 0 spiro atoms. The van der Waals surface area contributed by atoms with E-state index in [0.29, 0.717) is 0 Å². The molecule has 0 aromatic heterocycles. The van der Waals surface area contributed by atoms with E-state index in [4.69, 9.17) is 0 Å². The topological polar surface area (TPSA) is 55.5 Å². The Hall–Kier alpha value is -1.07. The number of nitro groups is 1. The number of nitrogens with zero attached hydrogens (tertiary/aromatic N) is 2. The number of halogens is 2. The standard InChI is InChI=1S/C14H10BrN2O2.C10H20.CH3.ClH.Ir/c1-10(16-13-6-4-12(15)5-7-13)11-2-8-14(9-3-11)17(18)19;1-6-7(2)9(4)10(5)8(6)3;;;/h2,4-9H,1H3;6-10H,1-5H3;1H3;1H;/q-1;;-1;;+3/p-1. The van der Waals surface area contributed by atoms with Crippen LogP contribution in [0.25, 0.3) is 0 Å². The van der Waals surface area contributed by atoms with E-state index in [1.165, 1.54) is 30.0 Å². The molecule has 1 aliphatic rings. The fourth-order valence-electron chi connectivity index (χ4n) is 3.92. The van der Waals surface area contributed by atoms with E-state index >= 15 is 0 Å². The van der Waals surface area contributed by atoms with Crippen molar-refractivity contribution in [3.05, 3.63) is 76.1 Å². The van der Waals surface area contributed by atoms with Crippen LogP contribution in [0, 0.1) is 53.2 Å². The molecule has 32 heavy (non-hydrogen) atoms. The maximum absolute atomic E-state index is 10.6. The average Bonchev–Trinajstić information content (AvgIpc) is 2.95. The molecule has 0 heterocycles. The van der Waals surface area contributed by atoms with Crippen molar-refractivity contribution in [1.82, 2.24) is 0 Å². The van der Waals surface area contributed by atoms with Crippen LogP contribution in [0.4, 0.5) is 11.4 Å². The summed E-state index contributed by atoms with van der Waals surface area (Å²) in [5.74, 6) is 4.68. The van der Waals surface area contributed by atoms with Crippen molar-refractivity contribution in [2.75, 3.05) is 0 Å². The van der Waals surface area contributed by atoms with Crippen molar-refractivity contribution < 1.29 is 22.8 Å².